The third-order valence-electron chi connectivity index (χ3n) is 3.74. The Labute approximate surface area is 124 Å². The fraction of sp³-hybridized carbons (Fsp3) is 0.500. The molecule has 0 aliphatic carbocycles. The number of para-hydroxylation sites is 1. The van der Waals surface area contributed by atoms with Crippen LogP contribution in [0.1, 0.15) is 44.1 Å². The quantitative estimate of drug-likeness (QED) is 0.843. The minimum atomic E-state index is -0.975. The standard InChI is InChI=1S/C16H21NO4/c1-2-3-7-13(16(19)20)17-15(18)12-9-10-21-14-8-5-4-6-11(12)14/h4-6,8,12-13H,2-3,7,9-10H2,1H3,(H,17,18)(H,19,20). The summed E-state index contributed by atoms with van der Waals surface area (Å²) >= 11 is 0. The van der Waals surface area contributed by atoms with E-state index in [-0.39, 0.29) is 11.8 Å². The molecule has 0 aromatic heterocycles. The van der Waals surface area contributed by atoms with Gasteiger partial charge in [-0.25, -0.2) is 4.79 Å². The van der Waals surface area contributed by atoms with E-state index in [0.29, 0.717) is 25.2 Å². The van der Waals surface area contributed by atoms with Gasteiger partial charge in [0.2, 0.25) is 5.91 Å². The largest absolute Gasteiger partial charge is 0.493 e. The molecule has 0 radical (unpaired) electrons. The fourth-order valence-corrected chi connectivity index (χ4v) is 2.55. The summed E-state index contributed by atoms with van der Waals surface area (Å²) in [4.78, 5) is 23.6. The van der Waals surface area contributed by atoms with Gasteiger partial charge in [-0.1, -0.05) is 38.0 Å². The second kappa shape index (κ2) is 7.11. The van der Waals surface area contributed by atoms with E-state index in [2.05, 4.69) is 5.32 Å². The molecule has 1 aliphatic rings. The van der Waals surface area contributed by atoms with E-state index >= 15 is 0 Å². The Morgan fingerprint density at radius 3 is 2.90 bits per heavy atom. The normalized spacial score (nSPS) is 18.2. The number of benzene rings is 1. The Bertz CT molecular complexity index is 515. The molecule has 0 saturated carbocycles. The average Bonchev–Trinajstić information content (AvgIpc) is 2.50. The highest BCUT2D eigenvalue weighted by molar-refractivity contribution is 5.88. The number of carbonyl (C=O) groups is 2. The number of nitrogens with one attached hydrogen (secondary N) is 1. The molecule has 2 unspecified atom stereocenters. The van der Waals surface area contributed by atoms with Crippen LogP contribution in [0.4, 0.5) is 0 Å². The van der Waals surface area contributed by atoms with E-state index in [9.17, 15) is 14.7 Å². The third-order valence-corrected chi connectivity index (χ3v) is 3.74. The number of hydrogen-bond donors (Lipinski definition) is 2. The van der Waals surface area contributed by atoms with Gasteiger partial charge in [0.25, 0.3) is 0 Å². The van der Waals surface area contributed by atoms with E-state index < -0.39 is 12.0 Å². The summed E-state index contributed by atoms with van der Waals surface area (Å²) in [6.45, 7) is 2.47. The molecule has 0 saturated heterocycles. The number of carboxylic acid groups (broad SMARTS) is 1. The third kappa shape index (κ3) is 3.74. The van der Waals surface area contributed by atoms with Crippen LogP contribution >= 0.6 is 0 Å². The first kappa shape index (κ1) is 15.4. The Kier molecular flexibility index (Phi) is 5.20. The monoisotopic (exact) mass is 291 g/mol. The van der Waals surface area contributed by atoms with Crippen LogP contribution in [-0.2, 0) is 9.59 Å². The predicted octanol–water partition coefficient (Wildman–Crippen LogP) is 2.31. The summed E-state index contributed by atoms with van der Waals surface area (Å²) in [6.07, 6.45) is 2.72. The van der Waals surface area contributed by atoms with Crippen molar-refractivity contribution in [1.29, 1.82) is 0 Å². The molecule has 1 aromatic carbocycles. The summed E-state index contributed by atoms with van der Waals surface area (Å²) < 4.78 is 5.52. The second-order valence-electron chi connectivity index (χ2n) is 5.27. The molecule has 1 aliphatic heterocycles. The number of fused-ring (bicyclic) bond motifs is 1. The summed E-state index contributed by atoms with van der Waals surface area (Å²) in [6, 6.07) is 6.61. The van der Waals surface area contributed by atoms with E-state index in [0.717, 1.165) is 18.4 Å². The first-order valence-corrected chi connectivity index (χ1v) is 7.38. The molecule has 114 valence electrons. The number of aliphatic carboxylic acids is 1. The Hall–Kier alpha value is -2.04. The van der Waals surface area contributed by atoms with Crippen LogP contribution in [0.5, 0.6) is 5.75 Å². The van der Waals surface area contributed by atoms with E-state index in [1.165, 1.54) is 0 Å². The van der Waals surface area contributed by atoms with E-state index in [1.54, 1.807) is 0 Å². The van der Waals surface area contributed by atoms with Gasteiger partial charge < -0.3 is 15.2 Å². The molecule has 2 N–H and O–H groups in total. The number of amides is 1. The molecule has 0 fully saturated rings. The minimum absolute atomic E-state index is 0.228. The summed E-state index contributed by atoms with van der Waals surface area (Å²) in [5.41, 5.74) is 0.834. The molecular weight excluding hydrogens is 270 g/mol. The van der Waals surface area contributed by atoms with Crippen molar-refractivity contribution < 1.29 is 19.4 Å². The van der Waals surface area contributed by atoms with Crippen LogP contribution in [0.3, 0.4) is 0 Å². The van der Waals surface area contributed by atoms with Gasteiger partial charge in [0.1, 0.15) is 11.8 Å². The van der Waals surface area contributed by atoms with Crippen molar-refractivity contribution in [2.45, 2.75) is 44.6 Å². The smallest absolute Gasteiger partial charge is 0.326 e. The topological polar surface area (TPSA) is 75.6 Å². The molecule has 0 spiro atoms. The van der Waals surface area contributed by atoms with Crippen molar-refractivity contribution in [2.75, 3.05) is 6.61 Å². The van der Waals surface area contributed by atoms with Crippen molar-refractivity contribution >= 4 is 11.9 Å². The molecule has 1 aromatic rings. The van der Waals surface area contributed by atoms with Gasteiger partial charge in [0, 0.05) is 5.56 Å². The highest BCUT2D eigenvalue weighted by Crippen LogP contribution is 2.33. The lowest BCUT2D eigenvalue weighted by atomic mass is 9.92. The highest BCUT2D eigenvalue weighted by atomic mass is 16.5. The minimum Gasteiger partial charge on any atom is -0.493 e. The first-order chi connectivity index (χ1) is 10.1. The molecule has 5 nitrogen and oxygen atoms in total. The number of carbonyl (C=O) groups excluding carboxylic acids is 1. The second-order valence-corrected chi connectivity index (χ2v) is 5.27. The average molecular weight is 291 g/mol. The van der Waals surface area contributed by atoms with Gasteiger partial charge in [-0.2, -0.15) is 0 Å². The van der Waals surface area contributed by atoms with Crippen molar-refractivity contribution in [3.63, 3.8) is 0 Å². The fourth-order valence-electron chi connectivity index (χ4n) is 2.55. The summed E-state index contributed by atoms with van der Waals surface area (Å²) in [7, 11) is 0. The molecule has 1 amide bonds. The maximum Gasteiger partial charge on any atom is 0.326 e. The molecule has 2 atom stereocenters. The number of ether oxygens (including phenoxy) is 1. The van der Waals surface area contributed by atoms with Gasteiger partial charge in [-0.15, -0.1) is 0 Å². The summed E-state index contributed by atoms with van der Waals surface area (Å²) in [5.74, 6) is -0.825. The number of unbranched alkanes of at least 4 members (excludes halogenated alkanes) is 1. The van der Waals surface area contributed by atoms with Crippen LogP contribution in [0.25, 0.3) is 0 Å². The number of carboxylic acids is 1. The van der Waals surface area contributed by atoms with Gasteiger partial charge in [0.05, 0.1) is 12.5 Å². The lowest BCUT2D eigenvalue weighted by molar-refractivity contribution is -0.142. The van der Waals surface area contributed by atoms with Crippen LogP contribution in [-0.4, -0.2) is 29.6 Å². The van der Waals surface area contributed by atoms with Gasteiger partial charge >= 0.3 is 5.97 Å². The zero-order chi connectivity index (χ0) is 15.2. The Balaban J connectivity index is 2.08. The van der Waals surface area contributed by atoms with E-state index in [1.807, 2.05) is 31.2 Å². The molecule has 1 heterocycles. The van der Waals surface area contributed by atoms with Gasteiger partial charge in [0.15, 0.2) is 0 Å². The number of hydrogen-bond acceptors (Lipinski definition) is 3. The van der Waals surface area contributed by atoms with Crippen LogP contribution in [0.15, 0.2) is 24.3 Å². The lowest BCUT2D eigenvalue weighted by Crippen LogP contribution is -2.43. The van der Waals surface area contributed by atoms with Crippen LogP contribution < -0.4 is 10.1 Å². The maximum atomic E-state index is 12.4. The zero-order valence-corrected chi connectivity index (χ0v) is 12.2. The molecule has 21 heavy (non-hydrogen) atoms. The summed E-state index contributed by atoms with van der Waals surface area (Å²) in [5, 5.41) is 11.9. The van der Waals surface area contributed by atoms with Crippen LogP contribution in [0, 0.1) is 0 Å². The SMILES string of the molecule is CCCCC(NC(=O)C1CCOc2ccccc21)C(=O)O. The van der Waals surface area contributed by atoms with Crippen molar-refractivity contribution in [1.82, 2.24) is 5.32 Å². The van der Waals surface area contributed by atoms with Gasteiger partial charge in [-0.05, 0) is 18.9 Å². The van der Waals surface area contributed by atoms with Crippen molar-refractivity contribution in [3.05, 3.63) is 29.8 Å². The van der Waals surface area contributed by atoms with Crippen LogP contribution in [0.2, 0.25) is 0 Å². The molecule has 5 heteroatoms. The zero-order valence-electron chi connectivity index (χ0n) is 12.2. The predicted molar refractivity (Wildman–Crippen MR) is 78.4 cm³/mol. The van der Waals surface area contributed by atoms with Crippen molar-refractivity contribution in [2.24, 2.45) is 0 Å². The van der Waals surface area contributed by atoms with Crippen molar-refractivity contribution in [3.8, 4) is 5.75 Å². The molecule has 2 rings (SSSR count). The Morgan fingerprint density at radius 1 is 1.43 bits per heavy atom. The number of rotatable bonds is 6. The maximum absolute atomic E-state index is 12.4. The molecular formula is C16H21NO4. The Morgan fingerprint density at radius 2 is 2.19 bits per heavy atom. The van der Waals surface area contributed by atoms with Gasteiger partial charge in [-0.3, -0.25) is 4.79 Å². The first-order valence-electron chi connectivity index (χ1n) is 7.38. The highest BCUT2D eigenvalue weighted by Gasteiger charge is 2.30. The molecule has 0 bridgehead atoms. The van der Waals surface area contributed by atoms with E-state index in [4.69, 9.17) is 4.74 Å². The lowest BCUT2D eigenvalue weighted by Gasteiger charge is -2.26.